The van der Waals surface area contributed by atoms with Crippen LogP contribution in [0, 0.1) is 13.8 Å². The summed E-state index contributed by atoms with van der Waals surface area (Å²) >= 11 is 12.8. The third-order valence-corrected chi connectivity index (χ3v) is 9.18. The van der Waals surface area contributed by atoms with Crippen molar-refractivity contribution in [2.75, 3.05) is 17.1 Å². The van der Waals surface area contributed by atoms with Crippen LogP contribution in [-0.4, -0.2) is 50.0 Å². The molecule has 1 aliphatic rings. The monoisotopic (exact) mass is 595 g/mol. The maximum atomic E-state index is 13.6. The highest BCUT2D eigenvalue weighted by atomic mass is 35.5. The molecule has 1 saturated carbocycles. The standard InChI is InChI=1S/C29H39Cl2N3O4S/c1-20-15-16-21(2)27(18-20)34(39(4,37)38)17-9-14-28(35)33(19-24-25(30)12-8-13-26(24)31)22(3)29(36)32-23-10-6-5-7-11-23/h8,12-13,15-16,18,22-23H,5-7,9-11,14,17,19H2,1-4H3,(H,32,36)/t22-/m0/s1. The number of hydrogen-bond acceptors (Lipinski definition) is 4. The van der Waals surface area contributed by atoms with E-state index in [0.717, 1.165) is 36.8 Å². The molecule has 39 heavy (non-hydrogen) atoms. The van der Waals surface area contributed by atoms with Crippen LogP contribution in [-0.2, 0) is 26.2 Å². The van der Waals surface area contributed by atoms with E-state index in [4.69, 9.17) is 23.2 Å². The van der Waals surface area contributed by atoms with Crippen molar-refractivity contribution >= 4 is 50.7 Å². The SMILES string of the molecule is Cc1ccc(C)c(N(CCCC(=O)N(Cc2c(Cl)cccc2Cl)[C@@H](C)C(=O)NC2CCCCC2)S(C)(=O)=O)c1. The lowest BCUT2D eigenvalue weighted by Gasteiger charge is -2.32. The molecule has 0 heterocycles. The van der Waals surface area contributed by atoms with Crippen molar-refractivity contribution in [3.63, 3.8) is 0 Å². The van der Waals surface area contributed by atoms with E-state index in [-0.39, 0.29) is 43.8 Å². The number of carbonyl (C=O) groups excluding carboxylic acids is 2. The maximum Gasteiger partial charge on any atom is 0.242 e. The Morgan fingerprint density at radius 3 is 2.31 bits per heavy atom. The molecular weight excluding hydrogens is 557 g/mol. The summed E-state index contributed by atoms with van der Waals surface area (Å²) in [6.45, 7) is 5.69. The first kappa shape index (κ1) is 31.2. The van der Waals surface area contributed by atoms with Crippen LogP contribution in [0.3, 0.4) is 0 Å². The summed E-state index contributed by atoms with van der Waals surface area (Å²) in [7, 11) is -3.57. The van der Waals surface area contributed by atoms with Gasteiger partial charge < -0.3 is 10.2 Å². The van der Waals surface area contributed by atoms with Gasteiger partial charge in [0, 0.05) is 41.2 Å². The Hall–Kier alpha value is -2.29. The minimum absolute atomic E-state index is 0.0556. The molecule has 214 valence electrons. The van der Waals surface area contributed by atoms with Crippen molar-refractivity contribution in [1.29, 1.82) is 0 Å². The van der Waals surface area contributed by atoms with Gasteiger partial charge in [-0.2, -0.15) is 0 Å². The van der Waals surface area contributed by atoms with Gasteiger partial charge in [-0.25, -0.2) is 8.42 Å². The number of rotatable bonds is 11. The zero-order valence-electron chi connectivity index (χ0n) is 23.2. The van der Waals surface area contributed by atoms with Crippen LogP contribution in [0.1, 0.15) is 68.6 Å². The van der Waals surface area contributed by atoms with Gasteiger partial charge in [0.2, 0.25) is 21.8 Å². The molecule has 0 aromatic heterocycles. The van der Waals surface area contributed by atoms with Crippen LogP contribution in [0.2, 0.25) is 10.0 Å². The summed E-state index contributed by atoms with van der Waals surface area (Å²) in [5, 5.41) is 3.94. The Bertz CT molecular complexity index is 1260. The lowest BCUT2D eigenvalue weighted by Crippen LogP contribution is -2.50. The lowest BCUT2D eigenvalue weighted by molar-refractivity contribution is -0.141. The number of hydrogen-bond donors (Lipinski definition) is 1. The van der Waals surface area contributed by atoms with Crippen molar-refractivity contribution in [1.82, 2.24) is 10.2 Å². The molecule has 2 aromatic rings. The molecule has 1 fully saturated rings. The molecule has 1 N–H and O–H groups in total. The fourth-order valence-electron chi connectivity index (χ4n) is 4.98. The number of amides is 2. The quantitative estimate of drug-likeness (QED) is 0.344. The normalized spacial score (nSPS) is 15.0. The van der Waals surface area contributed by atoms with E-state index in [0.29, 0.717) is 21.3 Å². The van der Waals surface area contributed by atoms with Gasteiger partial charge in [-0.15, -0.1) is 0 Å². The van der Waals surface area contributed by atoms with E-state index >= 15 is 0 Å². The number of benzene rings is 2. The smallest absolute Gasteiger partial charge is 0.242 e. The van der Waals surface area contributed by atoms with Crippen LogP contribution in [0.25, 0.3) is 0 Å². The van der Waals surface area contributed by atoms with Crippen LogP contribution >= 0.6 is 23.2 Å². The minimum Gasteiger partial charge on any atom is -0.352 e. The topological polar surface area (TPSA) is 86.8 Å². The third kappa shape index (κ3) is 8.60. The summed E-state index contributed by atoms with van der Waals surface area (Å²) < 4.78 is 26.7. The predicted octanol–water partition coefficient (Wildman–Crippen LogP) is 6.02. The van der Waals surface area contributed by atoms with Gasteiger partial charge in [0.15, 0.2) is 0 Å². The molecule has 10 heteroatoms. The molecule has 2 aromatic carbocycles. The number of sulfonamides is 1. The molecule has 0 saturated heterocycles. The Kier molecular flexibility index (Phi) is 11.1. The highest BCUT2D eigenvalue weighted by molar-refractivity contribution is 7.92. The maximum absolute atomic E-state index is 13.6. The van der Waals surface area contributed by atoms with E-state index in [2.05, 4.69) is 5.32 Å². The van der Waals surface area contributed by atoms with Gasteiger partial charge in [-0.1, -0.05) is 60.7 Å². The molecule has 7 nitrogen and oxygen atoms in total. The molecule has 0 unspecified atom stereocenters. The molecule has 1 atom stereocenters. The molecule has 0 spiro atoms. The number of halogens is 2. The van der Waals surface area contributed by atoms with Crippen molar-refractivity contribution in [2.45, 2.75) is 84.3 Å². The summed E-state index contributed by atoms with van der Waals surface area (Å²) in [5.41, 5.74) is 2.95. The fourth-order valence-corrected chi connectivity index (χ4v) is 6.51. The second-order valence-electron chi connectivity index (χ2n) is 10.5. The highest BCUT2D eigenvalue weighted by Crippen LogP contribution is 2.28. The molecule has 3 rings (SSSR count). The van der Waals surface area contributed by atoms with Gasteiger partial charge in [0.1, 0.15) is 6.04 Å². The van der Waals surface area contributed by atoms with Crippen molar-refractivity contribution in [2.24, 2.45) is 0 Å². The molecular formula is C29H39Cl2N3O4S. The van der Waals surface area contributed by atoms with Crippen LogP contribution in [0.15, 0.2) is 36.4 Å². The first-order chi connectivity index (χ1) is 18.4. The largest absolute Gasteiger partial charge is 0.352 e. The minimum atomic E-state index is -3.57. The summed E-state index contributed by atoms with van der Waals surface area (Å²) in [4.78, 5) is 28.3. The summed E-state index contributed by atoms with van der Waals surface area (Å²) in [6.07, 6.45) is 6.70. The lowest BCUT2D eigenvalue weighted by atomic mass is 9.95. The van der Waals surface area contributed by atoms with Crippen molar-refractivity contribution in [3.8, 4) is 0 Å². The van der Waals surface area contributed by atoms with E-state index < -0.39 is 16.1 Å². The average Bonchev–Trinajstić information content (AvgIpc) is 2.87. The number of anilines is 1. The van der Waals surface area contributed by atoms with E-state index in [1.54, 1.807) is 25.1 Å². The Morgan fingerprint density at radius 2 is 1.69 bits per heavy atom. The highest BCUT2D eigenvalue weighted by Gasteiger charge is 2.29. The third-order valence-electron chi connectivity index (χ3n) is 7.29. The van der Waals surface area contributed by atoms with E-state index in [1.165, 1.54) is 21.9 Å². The first-order valence-electron chi connectivity index (χ1n) is 13.5. The fraction of sp³-hybridized carbons (Fsp3) is 0.517. The van der Waals surface area contributed by atoms with Crippen LogP contribution < -0.4 is 9.62 Å². The van der Waals surface area contributed by atoms with Gasteiger partial charge in [-0.05, 0) is 69.4 Å². The Labute approximate surface area is 242 Å². The predicted molar refractivity (Wildman–Crippen MR) is 159 cm³/mol. The van der Waals surface area contributed by atoms with Gasteiger partial charge >= 0.3 is 0 Å². The average molecular weight is 597 g/mol. The molecule has 2 amide bonds. The summed E-state index contributed by atoms with van der Waals surface area (Å²) in [6, 6.07) is 10.1. The number of nitrogens with zero attached hydrogens (tertiary/aromatic N) is 2. The second-order valence-corrected chi connectivity index (χ2v) is 13.2. The zero-order valence-corrected chi connectivity index (χ0v) is 25.5. The Morgan fingerprint density at radius 1 is 1.05 bits per heavy atom. The molecule has 0 aliphatic heterocycles. The first-order valence-corrected chi connectivity index (χ1v) is 16.1. The van der Waals surface area contributed by atoms with Gasteiger partial charge in [0.25, 0.3) is 0 Å². The number of carbonyl (C=O) groups is 2. The van der Waals surface area contributed by atoms with Gasteiger partial charge in [-0.3, -0.25) is 13.9 Å². The Balaban J connectivity index is 1.78. The zero-order chi connectivity index (χ0) is 28.7. The van der Waals surface area contributed by atoms with Crippen LogP contribution in [0.5, 0.6) is 0 Å². The van der Waals surface area contributed by atoms with E-state index in [1.807, 2.05) is 32.0 Å². The van der Waals surface area contributed by atoms with Crippen LogP contribution in [0.4, 0.5) is 5.69 Å². The second kappa shape index (κ2) is 13.9. The van der Waals surface area contributed by atoms with Gasteiger partial charge in [0.05, 0.1) is 11.9 Å². The molecule has 0 bridgehead atoms. The van der Waals surface area contributed by atoms with E-state index in [9.17, 15) is 18.0 Å². The van der Waals surface area contributed by atoms with Crippen molar-refractivity contribution in [3.05, 3.63) is 63.1 Å². The van der Waals surface area contributed by atoms with Crippen molar-refractivity contribution < 1.29 is 18.0 Å². The number of aryl methyl sites for hydroxylation is 2. The molecule has 0 radical (unpaired) electrons. The summed E-state index contributed by atoms with van der Waals surface area (Å²) in [5.74, 6) is -0.488. The molecule has 1 aliphatic carbocycles. The number of nitrogens with one attached hydrogen (secondary N) is 1.